The monoisotopic (exact) mass is 242 g/mol. The molecule has 1 saturated heterocycles. The Labute approximate surface area is 107 Å². The molecule has 0 unspecified atom stereocenters. The van der Waals surface area contributed by atoms with E-state index in [-0.39, 0.29) is 6.17 Å². The highest BCUT2D eigenvalue weighted by Crippen LogP contribution is 2.32. The molecule has 0 aromatic heterocycles. The molecule has 1 fully saturated rings. The summed E-state index contributed by atoms with van der Waals surface area (Å²) in [5.74, 6) is 0.945. The van der Waals surface area contributed by atoms with E-state index >= 15 is 0 Å². The molecule has 0 amide bonds. The van der Waals surface area contributed by atoms with Crippen molar-refractivity contribution in [3.63, 3.8) is 0 Å². The third-order valence-electron chi connectivity index (χ3n) is 3.49. The summed E-state index contributed by atoms with van der Waals surface area (Å²) in [6.45, 7) is 2.09. The number of ether oxygens (including phenoxy) is 1. The molecular formula is C15H18N2O. The summed E-state index contributed by atoms with van der Waals surface area (Å²) in [6, 6.07) is 12.6. The Bertz CT molecular complexity index is 547. The van der Waals surface area contributed by atoms with E-state index in [0.29, 0.717) is 0 Å². The zero-order chi connectivity index (χ0) is 12.4. The van der Waals surface area contributed by atoms with Crippen LogP contribution >= 0.6 is 0 Å². The first-order chi connectivity index (χ1) is 8.90. The Kier molecular flexibility index (Phi) is 3.17. The summed E-state index contributed by atoms with van der Waals surface area (Å²) in [5, 5.41) is 9.53. The van der Waals surface area contributed by atoms with Crippen LogP contribution in [0.25, 0.3) is 10.8 Å². The predicted octanol–water partition coefficient (Wildman–Crippen LogP) is 2.43. The molecule has 0 saturated carbocycles. The molecule has 3 nitrogen and oxygen atoms in total. The quantitative estimate of drug-likeness (QED) is 0.848. The van der Waals surface area contributed by atoms with Gasteiger partial charge < -0.3 is 4.74 Å². The lowest BCUT2D eigenvalue weighted by Gasteiger charge is -2.28. The van der Waals surface area contributed by atoms with Gasteiger partial charge in [0, 0.05) is 5.56 Å². The molecule has 0 aliphatic carbocycles. The zero-order valence-corrected chi connectivity index (χ0v) is 10.6. The highest BCUT2D eigenvalue weighted by atomic mass is 16.5. The van der Waals surface area contributed by atoms with Crippen molar-refractivity contribution < 1.29 is 4.74 Å². The molecule has 1 heterocycles. The summed E-state index contributed by atoms with van der Waals surface area (Å²) in [7, 11) is 1.73. The highest BCUT2D eigenvalue weighted by Gasteiger charge is 2.20. The van der Waals surface area contributed by atoms with E-state index in [1.807, 2.05) is 0 Å². The first-order valence-electron chi connectivity index (χ1n) is 6.42. The maximum atomic E-state index is 5.53. The molecule has 1 aliphatic heterocycles. The van der Waals surface area contributed by atoms with Crippen LogP contribution in [0.1, 0.15) is 18.2 Å². The second-order valence-corrected chi connectivity index (χ2v) is 4.60. The second kappa shape index (κ2) is 4.96. The lowest BCUT2D eigenvalue weighted by atomic mass is 10.00. The van der Waals surface area contributed by atoms with Gasteiger partial charge in [0.2, 0.25) is 0 Å². The molecule has 0 radical (unpaired) electrons. The average molecular weight is 242 g/mol. The van der Waals surface area contributed by atoms with Crippen LogP contribution in [-0.4, -0.2) is 20.2 Å². The highest BCUT2D eigenvalue weighted by molar-refractivity contribution is 5.88. The van der Waals surface area contributed by atoms with Gasteiger partial charge in [0.1, 0.15) is 5.75 Å². The van der Waals surface area contributed by atoms with Crippen molar-refractivity contribution in [1.82, 2.24) is 10.6 Å². The molecule has 2 aromatic carbocycles. The van der Waals surface area contributed by atoms with Crippen LogP contribution in [0.4, 0.5) is 0 Å². The standard InChI is InChI=1S/C15H18N2O/c1-18-13-8-7-11-5-2-3-6-12(11)14(13)15-16-9-4-10-17-15/h2-3,5-8,15-17H,4,9-10H2,1H3. The van der Waals surface area contributed by atoms with Crippen molar-refractivity contribution in [1.29, 1.82) is 0 Å². The zero-order valence-electron chi connectivity index (χ0n) is 10.6. The Balaban J connectivity index is 2.16. The van der Waals surface area contributed by atoms with Crippen LogP contribution in [0.15, 0.2) is 36.4 Å². The smallest absolute Gasteiger partial charge is 0.125 e. The van der Waals surface area contributed by atoms with Crippen molar-refractivity contribution in [3.05, 3.63) is 42.0 Å². The van der Waals surface area contributed by atoms with Crippen molar-refractivity contribution in [2.75, 3.05) is 20.2 Å². The van der Waals surface area contributed by atoms with Gasteiger partial charge in [-0.15, -0.1) is 0 Å². The molecule has 2 aromatic rings. The maximum absolute atomic E-state index is 5.53. The maximum Gasteiger partial charge on any atom is 0.125 e. The molecule has 2 N–H and O–H groups in total. The molecule has 1 aliphatic rings. The van der Waals surface area contributed by atoms with E-state index in [1.54, 1.807) is 7.11 Å². The lowest BCUT2D eigenvalue weighted by Crippen LogP contribution is -2.41. The minimum atomic E-state index is 0.180. The fraction of sp³-hybridized carbons (Fsp3) is 0.333. The van der Waals surface area contributed by atoms with Crippen molar-refractivity contribution in [2.24, 2.45) is 0 Å². The van der Waals surface area contributed by atoms with E-state index in [0.717, 1.165) is 18.8 Å². The summed E-state index contributed by atoms with van der Waals surface area (Å²) in [5.41, 5.74) is 1.22. The normalized spacial score (nSPS) is 16.9. The fourth-order valence-corrected chi connectivity index (χ4v) is 2.61. The summed E-state index contributed by atoms with van der Waals surface area (Å²) >= 11 is 0. The van der Waals surface area contributed by atoms with Gasteiger partial charge >= 0.3 is 0 Å². The van der Waals surface area contributed by atoms with Gasteiger partial charge in [0.05, 0.1) is 13.3 Å². The topological polar surface area (TPSA) is 33.3 Å². The summed E-state index contributed by atoms with van der Waals surface area (Å²) in [4.78, 5) is 0. The molecule has 0 spiro atoms. The number of rotatable bonds is 2. The largest absolute Gasteiger partial charge is 0.496 e. The summed E-state index contributed by atoms with van der Waals surface area (Å²) < 4.78 is 5.53. The van der Waals surface area contributed by atoms with Gasteiger partial charge in [0.15, 0.2) is 0 Å². The van der Waals surface area contributed by atoms with Crippen molar-refractivity contribution >= 4 is 10.8 Å². The van der Waals surface area contributed by atoms with Crippen LogP contribution in [-0.2, 0) is 0 Å². The van der Waals surface area contributed by atoms with Gasteiger partial charge in [-0.25, -0.2) is 0 Å². The number of nitrogens with one attached hydrogen (secondary N) is 2. The third-order valence-corrected chi connectivity index (χ3v) is 3.49. The number of benzene rings is 2. The van der Waals surface area contributed by atoms with Crippen molar-refractivity contribution in [3.8, 4) is 5.75 Å². The number of methoxy groups -OCH3 is 1. The van der Waals surface area contributed by atoms with Gasteiger partial charge in [-0.2, -0.15) is 0 Å². The van der Waals surface area contributed by atoms with E-state index in [4.69, 9.17) is 4.74 Å². The first-order valence-corrected chi connectivity index (χ1v) is 6.42. The Morgan fingerprint density at radius 3 is 2.61 bits per heavy atom. The first kappa shape index (κ1) is 11.5. The molecule has 3 heteroatoms. The number of fused-ring (bicyclic) bond motifs is 1. The van der Waals surface area contributed by atoms with Crippen LogP contribution in [0, 0.1) is 0 Å². The van der Waals surface area contributed by atoms with E-state index in [9.17, 15) is 0 Å². The summed E-state index contributed by atoms with van der Waals surface area (Å²) in [6.07, 6.45) is 1.35. The van der Waals surface area contributed by atoms with Gasteiger partial charge in [-0.3, -0.25) is 10.6 Å². The molecule has 3 rings (SSSR count). The third kappa shape index (κ3) is 1.96. The van der Waals surface area contributed by atoms with Gasteiger partial charge in [-0.05, 0) is 36.3 Å². The van der Waals surface area contributed by atoms with Crippen molar-refractivity contribution in [2.45, 2.75) is 12.6 Å². The Morgan fingerprint density at radius 2 is 1.83 bits per heavy atom. The lowest BCUT2D eigenvalue weighted by molar-refractivity contribution is 0.356. The fourth-order valence-electron chi connectivity index (χ4n) is 2.61. The molecular weight excluding hydrogens is 224 g/mol. The predicted molar refractivity (Wildman–Crippen MR) is 73.9 cm³/mol. The van der Waals surface area contributed by atoms with Crippen LogP contribution in [0.3, 0.4) is 0 Å². The SMILES string of the molecule is COc1ccc2ccccc2c1C1NCCCN1. The second-order valence-electron chi connectivity index (χ2n) is 4.60. The number of hydrogen-bond donors (Lipinski definition) is 2. The number of hydrogen-bond acceptors (Lipinski definition) is 3. The Hall–Kier alpha value is -1.58. The van der Waals surface area contributed by atoms with Crippen LogP contribution in [0.2, 0.25) is 0 Å². The van der Waals surface area contributed by atoms with Gasteiger partial charge in [0.25, 0.3) is 0 Å². The average Bonchev–Trinajstić information content (AvgIpc) is 2.47. The Morgan fingerprint density at radius 1 is 1.06 bits per heavy atom. The minimum absolute atomic E-state index is 0.180. The molecule has 0 bridgehead atoms. The van der Waals surface area contributed by atoms with E-state index < -0.39 is 0 Å². The van der Waals surface area contributed by atoms with E-state index in [1.165, 1.54) is 22.8 Å². The molecule has 94 valence electrons. The van der Waals surface area contributed by atoms with E-state index in [2.05, 4.69) is 47.0 Å². The van der Waals surface area contributed by atoms with Crippen LogP contribution < -0.4 is 15.4 Å². The van der Waals surface area contributed by atoms with Gasteiger partial charge in [-0.1, -0.05) is 30.3 Å². The van der Waals surface area contributed by atoms with Crippen LogP contribution in [0.5, 0.6) is 5.75 Å². The minimum Gasteiger partial charge on any atom is -0.496 e. The molecule has 18 heavy (non-hydrogen) atoms. The molecule has 0 atom stereocenters.